The highest BCUT2D eigenvalue weighted by molar-refractivity contribution is 5.83. The average molecular weight is 245 g/mol. The van der Waals surface area contributed by atoms with Gasteiger partial charge in [-0.2, -0.15) is 0 Å². The summed E-state index contributed by atoms with van der Waals surface area (Å²) in [4.78, 5) is 12.1. The third-order valence-electron chi connectivity index (χ3n) is 3.53. The first-order chi connectivity index (χ1) is 8.75. The molecule has 0 saturated carbocycles. The Bertz CT molecular complexity index is 515. The average Bonchev–Trinajstić information content (AvgIpc) is 3.03. The van der Waals surface area contributed by atoms with E-state index in [4.69, 9.17) is 8.83 Å². The number of carbonyl (C=O) groups is 1. The minimum Gasteiger partial charge on any atom is -0.468 e. The molecule has 0 bridgehead atoms. The zero-order valence-electron chi connectivity index (χ0n) is 10.1. The fourth-order valence-electron chi connectivity index (χ4n) is 2.46. The Labute approximate surface area is 105 Å². The van der Waals surface area contributed by atoms with Gasteiger partial charge in [0, 0.05) is 12.3 Å². The van der Waals surface area contributed by atoms with E-state index in [0.717, 1.165) is 11.5 Å². The Morgan fingerprint density at radius 2 is 1.83 bits per heavy atom. The number of rotatable bonds is 2. The number of ketones is 1. The summed E-state index contributed by atoms with van der Waals surface area (Å²) in [6, 6.07) is 7.30. The molecule has 1 saturated heterocycles. The van der Waals surface area contributed by atoms with Gasteiger partial charge in [-0.15, -0.1) is 0 Å². The Morgan fingerprint density at radius 1 is 1.17 bits per heavy atom. The highest BCUT2D eigenvalue weighted by Crippen LogP contribution is 2.34. The first-order valence-corrected chi connectivity index (χ1v) is 6.11. The molecule has 1 N–H and O–H groups in total. The van der Waals surface area contributed by atoms with Gasteiger partial charge in [0.2, 0.25) is 0 Å². The molecule has 1 aliphatic rings. The van der Waals surface area contributed by atoms with E-state index in [1.807, 2.05) is 31.2 Å². The lowest BCUT2D eigenvalue weighted by Gasteiger charge is -2.32. The van der Waals surface area contributed by atoms with Crippen LogP contribution in [-0.2, 0) is 4.79 Å². The Balaban J connectivity index is 1.88. The zero-order valence-corrected chi connectivity index (χ0v) is 10.1. The van der Waals surface area contributed by atoms with Gasteiger partial charge >= 0.3 is 0 Å². The number of furan rings is 2. The summed E-state index contributed by atoms with van der Waals surface area (Å²) in [5, 5.41) is 3.43. The third kappa shape index (κ3) is 1.88. The van der Waals surface area contributed by atoms with Crippen molar-refractivity contribution in [3.63, 3.8) is 0 Å². The van der Waals surface area contributed by atoms with E-state index in [1.165, 1.54) is 0 Å². The first kappa shape index (κ1) is 11.3. The van der Waals surface area contributed by atoms with Gasteiger partial charge in [0.15, 0.2) is 0 Å². The number of Topliss-reactive ketones (excluding diaryl/α,β-unsaturated/α-hetero) is 1. The molecule has 2 aromatic heterocycles. The number of hydrogen-bond acceptors (Lipinski definition) is 4. The van der Waals surface area contributed by atoms with Crippen molar-refractivity contribution in [2.75, 3.05) is 0 Å². The van der Waals surface area contributed by atoms with Gasteiger partial charge in [-0.05, 0) is 24.3 Å². The zero-order chi connectivity index (χ0) is 12.5. The fourth-order valence-corrected chi connectivity index (χ4v) is 2.46. The predicted molar refractivity (Wildman–Crippen MR) is 64.8 cm³/mol. The number of hydrogen-bond donors (Lipinski definition) is 1. The maximum absolute atomic E-state index is 12.1. The summed E-state index contributed by atoms with van der Waals surface area (Å²) < 4.78 is 10.8. The molecule has 1 fully saturated rings. The van der Waals surface area contributed by atoms with Crippen LogP contribution in [0.2, 0.25) is 0 Å². The molecule has 4 heteroatoms. The maximum Gasteiger partial charge on any atom is 0.139 e. The second-order valence-corrected chi connectivity index (χ2v) is 4.69. The van der Waals surface area contributed by atoms with Gasteiger partial charge in [-0.25, -0.2) is 0 Å². The lowest BCUT2D eigenvalue weighted by atomic mass is 9.85. The molecule has 4 nitrogen and oxygen atoms in total. The molecule has 0 aliphatic carbocycles. The topological polar surface area (TPSA) is 55.4 Å². The van der Waals surface area contributed by atoms with Crippen LogP contribution in [0.5, 0.6) is 0 Å². The van der Waals surface area contributed by atoms with Crippen molar-refractivity contribution in [3.05, 3.63) is 48.3 Å². The van der Waals surface area contributed by atoms with Crippen LogP contribution in [-0.4, -0.2) is 5.78 Å². The fraction of sp³-hybridized carbons (Fsp3) is 0.357. The maximum atomic E-state index is 12.1. The first-order valence-electron chi connectivity index (χ1n) is 6.11. The van der Waals surface area contributed by atoms with E-state index in [-0.39, 0.29) is 23.8 Å². The van der Waals surface area contributed by atoms with Crippen molar-refractivity contribution in [1.82, 2.24) is 5.32 Å². The number of carbonyl (C=O) groups excluding carboxylic acids is 1. The summed E-state index contributed by atoms with van der Waals surface area (Å²) in [5.74, 6) is 1.75. The summed E-state index contributed by atoms with van der Waals surface area (Å²) in [7, 11) is 0. The minimum atomic E-state index is -0.0867. The number of piperidine rings is 1. The lowest BCUT2D eigenvalue weighted by Crippen LogP contribution is -2.40. The van der Waals surface area contributed by atoms with E-state index >= 15 is 0 Å². The SMILES string of the molecule is C[C@@H]1C(=O)C[C@@H](c2ccco2)N[C@H]1c1ccco1. The molecule has 0 unspecified atom stereocenters. The van der Waals surface area contributed by atoms with E-state index in [1.54, 1.807) is 12.5 Å². The smallest absolute Gasteiger partial charge is 0.139 e. The van der Waals surface area contributed by atoms with Crippen molar-refractivity contribution < 1.29 is 13.6 Å². The van der Waals surface area contributed by atoms with Crippen molar-refractivity contribution in [3.8, 4) is 0 Å². The second-order valence-electron chi connectivity index (χ2n) is 4.69. The quantitative estimate of drug-likeness (QED) is 0.883. The van der Waals surface area contributed by atoms with Crippen LogP contribution in [0.4, 0.5) is 0 Å². The van der Waals surface area contributed by atoms with Gasteiger partial charge < -0.3 is 8.83 Å². The lowest BCUT2D eigenvalue weighted by molar-refractivity contribution is -0.126. The van der Waals surface area contributed by atoms with Gasteiger partial charge in [0.1, 0.15) is 17.3 Å². The molecular formula is C14H15NO3. The summed E-state index contributed by atoms with van der Waals surface area (Å²) in [6.45, 7) is 1.93. The normalized spacial score (nSPS) is 28.5. The molecule has 18 heavy (non-hydrogen) atoms. The predicted octanol–water partition coefficient (Wildman–Crippen LogP) is 2.85. The highest BCUT2D eigenvalue weighted by atomic mass is 16.3. The summed E-state index contributed by atoms with van der Waals surface area (Å²) >= 11 is 0. The molecular weight excluding hydrogens is 230 g/mol. The molecule has 0 radical (unpaired) electrons. The van der Waals surface area contributed by atoms with Gasteiger partial charge in [-0.3, -0.25) is 10.1 Å². The Hall–Kier alpha value is -1.81. The van der Waals surface area contributed by atoms with E-state index in [2.05, 4.69) is 5.32 Å². The molecule has 0 spiro atoms. The molecule has 3 heterocycles. The molecule has 1 aliphatic heterocycles. The van der Waals surface area contributed by atoms with E-state index in [9.17, 15) is 4.79 Å². The van der Waals surface area contributed by atoms with Crippen molar-refractivity contribution >= 4 is 5.78 Å². The van der Waals surface area contributed by atoms with Crippen LogP contribution in [0.25, 0.3) is 0 Å². The van der Waals surface area contributed by atoms with E-state index < -0.39 is 0 Å². The Morgan fingerprint density at radius 3 is 2.44 bits per heavy atom. The molecule has 3 rings (SSSR count). The van der Waals surface area contributed by atoms with Crippen LogP contribution in [0.15, 0.2) is 45.6 Å². The van der Waals surface area contributed by atoms with Gasteiger partial charge in [0.05, 0.1) is 24.6 Å². The van der Waals surface area contributed by atoms with E-state index in [0.29, 0.717) is 6.42 Å². The molecule has 94 valence electrons. The molecule has 0 amide bonds. The molecule has 2 aromatic rings. The standard InChI is InChI=1S/C14H15NO3/c1-9-11(16)8-10(12-4-2-6-17-12)15-14(9)13-5-3-7-18-13/h2-7,9-10,14-15H,8H2,1H3/t9-,10+,14-/m1/s1. The van der Waals surface area contributed by atoms with Crippen LogP contribution in [0.1, 0.15) is 36.9 Å². The van der Waals surface area contributed by atoms with Crippen molar-refractivity contribution in [2.45, 2.75) is 25.4 Å². The highest BCUT2D eigenvalue weighted by Gasteiger charge is 2.37. The monoisotopic (exact) mass is 245 g/mol. The number of nitrogens with one attached hydrogen (secondary N) is 1. The molecule has 0 aromatic carbocycles. The van der Waals surface area contributed by atoms with Crippen molar-refractivity contribution in [1.29, 1.82) is 0 Å². The van der Waals surface area contributed by atoms with Crippen LogP contribution < -0.4 is 5.32 Å². The van der Waals surface area contributed by atoms with Crippen LogP contribution in [0.3, 0.4) is 0 Å². The summed E-state index contributed by atoms with van der Waals surface area (Å²) in [5.41, 5.74) is 0. The van der Waals surface area contributed by atoms with Crippen LogP contribution in [0, 0.1) is 5.92 Å². The van der Waals surface area contributed by atoms with Crippen molar-refractivity contribution in [2.24, 2.45) is 5.92 Å². The van der Waals surface area contributed by atoms with Gasteiger partial charge in [0.25, 0.3) is 0 Å². The second kappa shape index (κ2) is 4.46. The third-order valence-corrected chi connectivity index (χ3v) is 3.53. The minimum absolute atomic E-state index is 0.0706. The Kier molecular flexibility index (Phi) is 2.80. The van der Waals surface area contributed by atoms with Gasteiger partial charge in [-0.1, -0.05) is 6.92 Å². The molecule has 3 atom stereocenters. The largest absolute Gasteiger partial charge is 0.468 e. The summed E-state index contributed by atoms with van der Waals surface area (Å²) in [6.07, 6.45) is 3.72. The van der Waals surface area contributed by atoms with Crippen LogP contribution >= 0.6 is 0 Å².